The lowest BCUT2D eigenvalue weighted by atomic mass is 9.52. The largest absolute Gasteiger partial charge is 0.396 e. The monoisotopic (exact) mass is 311 g/mol. The first kappa shape index (κ1) is 16.6. The number of nitrogens with zero attached hydrogens (tertiary/aromatic N) is 1. The number of fused-ring (bicyclic) bond motifs is 2. The van der Waals surface area contributed by atoms with Crippen LogP contribution in [0.2, 0.25) is 0 Å². The van der Waals surface area contributed by atoms with E-state index in [2.05, 4.69) is 43.7 Å². The van der Waals surface area contributed by atoms with Crippen LogP contribution in [0.3, 0.4) is 0 Å². The minimum Gasteiger partial charge on any atom is -0.396 e. The summed E-state index contributed by atoms with van der Waals surface area (Å²) in [6.45, 7) is 10.6. The quantitative estimate of drug-likeness (QED) is 0.861. The molecule has 0 radical (unpaired) electrons. The molecule has 1 heterocycles. The van der Waals surface area contributed by atoms with Gasteiger partial charge in [-0.15, -0.1) is 6.42 Å². The highest BCUT2D eigenvalue weighted by Gasteiger charge is 2.52. The fourth-order valence-electron chi connectivity index (χ4n) is 5.83. The molecule has 23 heavy (non-hydrogen) atoms. The van der Waals surface area contributed by atoms with Crippen LogP contribution in [0.15, 0.2) is 24.3 Å². The van der Waals surface area contributed by atoms with Gasteiger partial charge in [0, 0.05) is 31.8 Å². The summed E-state index contributed by atoms with van der Waals surface area (Å²) in [5.74, 6) is 2.68. The first-order valence-electron chi connectivity index (χ1n) is 8.66. The minimum absolute atomic E-state index is 0.0856. The first-order chi connectivity index (χ1) is 10.8. The van der Waals surface area contributed by atoms with Crippen LogP contribution in [-0.4, -0.2) is 29.7 Å². The zero-order chi connectivity index (χ0) is 16.7. The normalized spacial score (nSPS) is 37.3. The standard InChI is InChI=1S/C21H29NO/c1-5-17-6-8-18(9-7-17)10-22-14-19(2)11-20(3,15-22)13-21(4,12-19)16-23/h1,6-9,23H,10-16H2,2-4H3/t19-,20?,21+/m1/s1. The number of aliphatic hydroxyl groups excluding tert-OH is 1. The maximum absolute atomic E-state index is 9.86. The molecular formula is C21H29NO. The van der Waals surface area contributed by atoms with Gasteiger partial charge in [-0.1, -0.05) is 38.8 Å². The van der Waals surface area contributed by atoms with Crippen LogP contribution in [0.5, 0.6) is 0 Å². The lowest BCUT2D eigenvalue weighted by Crippen LogP contribution is -2.57. The molecule has 1 unspecified atom stereocenters. The first-order valence-corrected chi connectivity index (χ1v) is 8.66. The van der Waals surface area contributed by atoms with Crippen molar-refractivity contribution in [1.82, 2.24) is 4.90 Å². The molecule has 0 spiro atoms. The molecule has 1 aromatic rings. The average molecular weight is 311 g/mol. The predicted molar refractivity (Wildman–Crippen MR) is 94.9 cm³/mol. The fraction of sp³-hybridized carbons (Fsp3) is 0.619. The van der Waals surface area contributed by atoms with Gasteiger partial charge in [0.2, 0.25) is 0 Å². The molecule has 1 aliphatic carbocycles. The highest BCUT2D eigenvalue weighted by atomic mass is 16.3. The molecule has 124 valence electrons. The van der Waals surface area contributed by atoms with Gasteiger partial charge in [-0.25, -0.2) is 0 Å². The summed E-state index contributed by atoms with van der Waals surface area (Å²) in [7, 11) is 0. The molecule has 1 aromatic carbocycles. The van der Waals surface area contributed by atoms with Crippen LogP contribution in [0, 0.1) is 28.6 Å². The van der Waals surface area contributed by atoms with E-state index in [-0.39, 0.29) is 5.41 Å². The van der Waals surface area contributed by atoms with Crippen LogP contribution < -0.4 is 0 Å². The van der Waals surface area contributed by atoms with Crippen LogP contribution in [-0.2, 0) is 6.54 Å². The van der Waals surface area contributed by atoms with Crippen molar-refractivity contribution in [2.75, 3.05) is 19.7 Å². The molecule has 1 saturated heterocycles. The Hall–Kier alpha value is -1.30. The van der Waals surface area contributed by atoms with Crippen LogP contribution in [0.1, 0.15) is 51.2 Å². The Balaban J connectivity index is 1.76. The molecule has 1 saturated carbocycles. The fourth-order valence-corrected chi connectivity index (χ4v) is 5.83. The van der Waals surface area contributed by atoms with E-state index in [4.69, 9.17) is 6.42 Å². The van der Waals surface area contributed by atoms with Gasteiger partial charge in [-0.05, 0) is 53.2 Å². The number of piperidine rings is 1. The number of benzene rings is 1. The van der Waals surface area contributed by atoms with Crippen molar-refractivity contribution < 1.29 is 5.11 Å². The van der Waals surface area contributed by atoms with Gasteiger partial charge in [0.15, 0.2) is 0 Å². The topological polar surface area (TPSA) is 23.5 Å². The van der Waals surface area contributed by atoms with E-state index in [1.54, 1.807) is 0 Å². The van der Waals surface area contributed by atoms with Crippen molar-refractivity contribution in [3.63, 3.8) is 0 Å². The van der Waals surface area contributed by atoms with Gasteiger partial charge in [0.1, 0.15) is 0 Å². The van der Waals surface area contributed by atoms with Crippen molar-refractivity contribution in [2.45, 2.75) is 46.6 Å². The van der Waals surface area contributed by atoms with Crippen molar-refractivity contribution in [3.05, 3.63) is 35.4 Å². The van der Waals surface area contributed by atoms with Gasteiger partial charge in [-0.2, -0.15) is 0 Å². The van der Waals surface area contributed by atoms with Gasteiger partial charge >= 0.3 is 0 Å². The Morgan fingerprint density at radius 2 is 1.61 bits per heavy atom. The summed E-state index contributed by atoms with van der Waals surface area (Å²) in [4.78, 5) is 2.60. The number of aliphatic hydroxyl groups is 1. The Bertz CT molecular complexity index is 594. The third kappa shape index (κ3) is 3.47. The maximum Gasteiger partial charge on any atom is 0.0485 e. The zero-order valence-corrected chi connectivity index (χ0v) is 14.7. The van der Waals surface area contributed by atoms with Crippen molar-refractivity contribution in [2.24, 2.45) is 16.2 Å². The molecule has 2 nitrogen and oxygen atoms in total. The SMILES string of the molecule is C#Cc1ccc(CN2CC3(C)C[C@@](C)(CO)C[C@](C)(C2)C3)cc1. The lowest BCUT2D eigenvalue weighted by molar-refractivity contribution is -0.105. The van der Waals surface area contributed by atoms with E-state index >= 15 is 0 Å². The van der Waals surface area contributed by atoms with Crippen molar-refractivity contribution in [3.8, 4) is 12.3 Å². The second-order valence-electron chi connectivity index (χ2n) is 9.11. The number of terminal acetylenes is 1. The summed E-state index contributed by atoms with van der Waals surface area (Å²) >= 11 is 0. The minimum atomic E-state index is 0.0856. The Morgan fingerprint density at radius 1 is 1.04 bits per heavy atom. The molecule has 0 aromatic heterocycles. The summed E-state index contributed by atoms with van der Waals surface area (Å²) in [6, 6.07) is 8.38. The van der Waals surface area contributed by atoms with Gasteiger partial charge in [0.05, 0.1) is 0 Å². The molecule has 2 bridgehead atoms. The number of likely N-dealkylation sites (tertiary alicyclic amines) is 1. The third-order valence-electron chi connectivity index (χ3n) is 5.68. The van der Waals surface area contributed by atoms with Gasteiger partial charge in [0.25, 0.3) is 0 Å². The molecule has 2 fully saturated rings. The maximum atomic E-state index is 9.86. The highest BCUT2D eigenvalue weighted by Crippen LogP contribution is 2.57. The molecule has 2 heteroatoms. The van der Waals surface area contributed by atoms with Gasteiger partial charge in [-0.3, -0.25) is 4.90 Å². The van der Waals surface area contributed by atoms with Crippen LogP contribution in [0.4, 0.5) is 0 Å². The van der Waals surface area contributed by atoms with E-state index in [9.17, 15) is 5.11 Å². The Labute approximate surface area is 140 Å². The van der Waals surface area contributed by atoms with Crippen LogP contribution in [0.25, 0.3) is 0 Å². The number of hydrogen-bond acceptors (Lipinski definition) is 2. The van der Waals surface area contributed by atoms with Gasteiger partial charge < -0.3 is 5.11 Å². The molecule has 0 amide bonds. The highest BCUT2D eigenvalue weighted by molar-refractivity contribution is 5.34. The van der Waals surface area contributed by atoms with E-state index in [0.717, 1.165) is 38.0 Å². The Kier molecular flexibility index (Phi) is 4.07. The second-order valence-corrected chi connectivity index (χ2v) is 9.11. The molecular weight excluding hydrogens is 282 g/mol. The molecule has 3 rings (SSSR count). The van der Waals surface area contributed by atoms with Crippen molar-refractivity contribution in [1.29, 1.82) is 0 Å². The number of hydrogen-bond donors (Lipinski definition) is 1. The second kappa shape index (κ2) is 5.65. The smallest absolute Gasteiger partial charge is 0.0485 e. The molecule has 3 atom stereocenters. The molecule has 2 aliphatic rings. The summed E-state index contributed by atoms with van der Waals surface area (Å²) in [6.07, 6.45) is 8.97. The number of rotatable bonds is 3. The average Bonchev–Trinajstić information content (AvgIpc) is 2.45. The summed E-state index contributed by atoms with van der Waals surface area (Å²) in [5, 5.41) is 9.86. The van der Waals surface area contributed by atoms with Crippen LogP contribution >= 0.6 is 0 Å². The molecule has 1 aliphatic heterocycles. The van der Waals surface area contributed by atoms with Crippen molar-refractivity contribution >= 4 is 0 Å². The van der Waals surface area contributed by atoms with E-state index < -0.39 is 0 Å². The summed E-state index contributed by atoms with van der Waals surface area (Å²) < 4.78 is 0. The third-order valence-corrected chi connectivity index (χ3v) is 5.68. The predicted octanol–water partition coefficient (Wildman–Crippen LogP) is 3.68. The van der Waals surface area contributed by atoms with E-state index in [1.807, 2.05) is 12.1 Å². The zero-order valence-electron chi connectivity index (χ0n) is 14.7. The Morgan fingerprint density at radius 3 is 2.09 bits per heavy atom. The van der Waals surface area contributed by atoms with E-state index in [0.29, 0.717) is 17.4 Å². The van der Waals surface area contributed by atoms with E-state index in [1.165, 1.54) is 12.0 Å². The summed E-state index contributed by atoms with van der Waals surface area (Å²) in [5.41, 5.74) is 2.98. The lowest BCUT2D eigenvalue weighted by Gasteiger charge is -2.59. The molecule has 1 N–H and O–H groups in total.